The summed E-state index contributed by atoms with van der Waals surface area (Å²) in [6, 6.07) is 8.34. The Morgan fingerprint density at radius 2 is 1.84 bits per heavy atom. The summed E-state index contributed by atoms with van der Waals surface area (Å²) in [4.78, 5) is 15.0. The van der Waals surface area contributed by atoms with Gasteiger partial charge in [-0.1, -0.05) is 32.9 Å². The molecule has 4 heteroatoms. The molecule has 0 radical (unpaired) electrons. The molecule has 2 saturated heterocycles. The Balaban J connectivity index is 1.45. The van der Waals surface area contributed by atoms with Crippen molar-refractivity contribution >= 4 is 5.91 Å². The van der Waals surface area contributed by atoms with Gasteiger partial charge in [-0.3, -0.25) is 4.79 Å². The summed E-state index contributed by atoms with van der Waals surface area (Å²) in [5, 5.41) is 3.22. The second kappa shape index (κ2) is 7.88. The van der Waals surface area contributed by atoms with Gasteiger partial charge in [0, 0.05) is 37.8 Å². The van der Waals surface area contributed by atoms with Crippen LogP contribution in [-0.4, -0.2) is 49.7 Å². The Kier molecular flexibility index (Phi) is 5.80. The van der Waals surface area contributed by atoms with E-state index in [4.69, 9.17) is 4.74 Å². The van der Waals surface area contributed by atoms with Crippen LogP contribution in [0.15, 0.2) is 24.3 Å². The third-order valence-corrected chi connectivity index (χ3v) is 5.48. The molecule has 0 spiro atoms. The zero-order valence-corrected chi connectivity index (χ0v) is 15.9. The van der Waals surface area contributed by atoms with Gasteiger partial charge in [-0.15, -0.1) is 0 Å². The molecular formula is C21H32N2O2. The maximum atomic E-state index is 12.5. The lowest BCUT2D eigenvalue weighted by atomic mass is 9.86. The van der Waals surface area contributed by atoms with Crippen LogP contribution in [0.25, 0.3) is 0 Å². The highest BCUT2D eigenvalue weighted by molar-refractivity contribution is 5.94. The van der Waals surface area contributed by atoms with Gasteiger partial charge >= 0.3 is 0 Å². The van der Waals surface area contributed by atoms with E-state index in [0.717, 1.165) is 51.3 Å². The van der Waals surface area contributed by atoms with Crippen molar-refractivity contribution in [1.82, 2.24) is 10.2 Å². The lowest BCUT2D eigenvalue weighted by molar-refractivity contribution is 0.0903. The van der Waals surface area contributed by atoms with E-state index in [1.165, 1.54) is 12.0 Å². The number of nitrogens with one attached hydrogen (secondary N) is 1. The standard InChI is InChI=1S/C21H32N2O2/c1-21(2,3)18-6-4-17(5-7-18)20(24)22-19-8-11-23(12-9-19)14-16-10-13-25-15-16/h4-7,16,19H,8-15H2,1-3H3,(H,22,24)/t16-/m0/s1. The average Bonchev–Trinajstić information content (AvgIpc) is 3.09. The van der Waals surface area contributed by atoms with Crippen molar-refractivity contribution in [3.8, 4) is 0 Å². The second-order valence-electron chi connectivity index (χ2n) is 8.61. The predicted octanol–water partition coefficient (Wildman–Crippen LogP) is 3.21. The Labute approximate surface area is 151 Å². The average molecular weight is 344 g/mol. The van der Waals surface area contributed by atoms with E-state index in [9.17, 15) is 4.79 Å². The number of amides is 1. The molecule has 1 aromatic rings. The van der Waals surface area contributed by atoms with Gasteiger partial charge in [0.05, 0.1) is 6.61 Å². The number of hydrogen-bond acceptors (Lipinski definition) is 3. The number of hydrogen-bond donors (Lipinski definition) is 1. The van der Waals surface area contributed by atoms with E-state index in [1.54, 1.807) is 0 Å². The fourth-order valence-electron chi connectivity index (χ4n) is 3.74. The van der Waals surface area contributed by atoms with Crippen LogP contribution in [0.4, 0.5) is 0 Å². The van der Waals surface area contributed by atoms with E-state index < -0.39 is 0 Å². The normalized spacial score (nSPS) is 22.9. The third kappa shape index (κ3) is 5.05. The minimum Gasteiger partial charge on any atom is -0.381 e. The van der Waals surface area contributed by atoms with Crippen molar-refractivity contribution in [3.05, 3.63) is 35.4 Å². The molecule has 2 aliphatic rings. The maximum absolute atomic E-state index is 12.5. The number of ether oxygens (including phenoxy) is 1. The number of benzene rings is 1. The van der Waals surface area contributed by atoms with Crippen LogP contribution in [0.3, 0.4) is 0 Å². The summed E-state index contributed by atoms with van der Waals surface area (Å²) in [6.45, 7) is 11.7. The molecule has 0 saturated carbocycles. The van der Waals surface area contributed by atoms with E-state index >= 15 is 0 Å². The fourth-order valence-corrected chi connectivity index (χ4v) is 3.74. The van der Waals surface area contributed by atoms with Crippen molar-refractivity contribution in [3.63, 3.8) is 0 Å². The van der Waals surface area contributed by atoms with Crippen LogP contribution in [0.2, 0.25) is 0 Å². The first-order valence-corrected chi connectivity index (χ1v) is 9.63. The summed E-state index contributed by atoms with van der Waals surface area (Å²) < 4.78 is 5.47. The highest BCUT2D eigenvalue weighted by Gasteiger charge is 2.25. The first-order chi connectivity index (χ1) is 11.9. The van der Waals surface area contributed by atoms with Crippen LogP contribution in [0, 0.1) is 5.92 Å². The zero-order valence-electron chi connectivity index (χ0n) is 15.9. The van der Waals surface area contributed by atoms with Crippen LogP contribution < -0.4 is 5.32 Å². The Hall–Kier alpha value is -1.39. The molecular weight excluding hydrogens is 312 g/mol. The van der Waals surface area contributed by atoms with Gasteiger partial charge in [0.15, 0.2) is 0 Å². The number of likely N-dealkylation sites (tertiary alicyclic amines) is 1. The van der Waals surface area contributed by atoms with Crippen LogP contribution in [0.1, 0.15) is 56.0 Å². The fraction of sp³-hybridized carbons (Fsp3) is 0.667. The summed E-state index contributed by atoms with van der Waals surface area (Å²) in [5.41, 5.74) is 2.14. The number of nitrogens with zero attached hydrogens (tertiary/aromatic N) is 1. The van der Waals surface area contributed by atoms with Gasteiger partial charge in [-0.05, 0) is 48.3 Å². The summed E-state index contributed by atoms with van der Waals surface area (Å²) in [7, 11) is 0. The summed E-state index contributed by atoms with van der Waals surface area (Å²) in [5.74, 6) is 0.760. The minimum absolute atomic E-state index is 0.0584. The molecule has 25 heavy (non-hydrogen) atoms. The number of carbonyl (C=O) groups excluding carboxylic acids is 1. The molecule has 1 atom stereocenters. The SMILES string of the molecule is CC(C)(C)c1ccc(C(=O)NC2CCN(C[C@@H]3CCOC3)CC2)cc1. The van der Waals surface area contributed by atoms with Gasteiger partial charge in [0.1, 0.15) is 0 Å². The van der Waals surface area contributed by atoms with E-state index in [1.807, 2.05) is 12.1 Å². The molecule has 2 fully saturated rings. The number of piperidine rings is 1. The van der Waals surface area contributed by atoms with E-state index in [2.05, 4.69) is 43.1 Å². The molecule has 0 aromatic heterocycles. The van der Waals surface area contributed by atoms with Crippen molar-refractivity contribution in [1.29, 1.82) is 0 Å². The molecule has 2 aliphatic heterocycles. The quantitative estimate of drug-likeness (QED) is 0.912. The second-order valence-corrected chi connectivity index (χ2v) is 8.61. The maximum Gasteiger partial charge on any atom is 0.251 e. The molecule has 4 nitrogen and oxygen atoms in total. The number of carbonyl (C=O) groups is 1. The predicted molar refractivity (Wildman–Crippen MR) is 101 cm³/mol. The van der Waals surface area contributed by atoms with E-state index in [0.29, 0.717) is 12.0 Å². The first-order valence-electron chi connectivity index (χ1n) is 9.63. The van der Waals surface area contributed by atoms with Gasteiger partial charge in [-0.2, -0.15) is 0 Å². The monoisotopic (exact) mass is 344 g/mol. The van der Waals surface area contributed by atoms with Crippen LogP contribution >= 0.6 is 0 Å². The van der Waals surface area contributed by atoms with E-state index in [-0.39, 0.29) is 11.3 Å². The lowest BCUT2D eigenvalue weighted by Gasteiger charge is -2.33. The Bertz CT molecular complexity index is 563. The Morgan fingerprint density at radius 1 is 1.16 bits per heavy atom. The highest BCUT2D eigenvalue weighted by Crippen LogP contribution is 2.22. The van der Waals surface area contributed by atoms with Crippen molar-refractivity contribution in [2.24, 2.45) is 5.92 Å². The first kappa shape index (κ1) is 18.4. The Morgan fingerprint density at radius 3 is 2.40 bits per heavy atom. The molecule has 3 rings (SSSR count). The van der Waals surface area contributed by atoms with Gasteiger partial charge in [0.25, 0.3) is 5.91 Å². The molecule has 2 heterocycles. The molecule has 1 N–H and O–H groups in total. The minimum atomic E-state index is 0.0584. The zero-order chi connectivity index (χ0) is 17.9. The van der Waals surface area contributed by atoms with Gasteiger partial charge in [0.2, 0.25) is 0 Å². The lowest BCUT2D eigenvalue weighted by Crippen LogP contribution is -2.45. The van der Waals surface area contributed by atoms with Crippen LogP contribution in [0.5, 0.6) is 0 Å². The topological polar surface area (TPSA) is 41.6 Å². The summed E-state index contributed by atoms with van der Waals surface area (Å²) >= 11 is 0. The summed E-state index contributed by atoms with van der Waals surface area (Å²) in [6.07, 6.45) is 3.28. The molecule has 1 amide bonds. The third-order valence-electron chi connectivity index (χ3n) is 5.48. The van der Waals surface area contributed by atoms with Gasteiger partial charge in [-0.25, -0.2) is 0 Å². The van der Waals surface area contributed by atoms with Crippen molar-refractivity contribution in [2.45, 2.75) is 51.5 Å². The molecule has 0 aliphatic carbocycles. The molecule has 1 aromatic carbocycles. The number of rotatable bonds is 4. The highest BCUT2D eigenvalue weighted by atomic mass is 16.5. The molecule has 0 bridgehead atoms. The largest absolute Gasteiger partial charge is 0.381 e. The molecule has 138 valence electrons. The smallest absolute Gasteiger partial charge is 0.251 e. The van der Waals surface area contributed by atoms with Crippen LogP contribution in [-0.2, 0) is 10.2 Å². The molecule has 0 unspecified atom stereocenters. The van der Waals surface area contributed by atoms with Crippen molar-refractivity contribution < 1.29 is 9.53 Å². The van der Waals surface area contributed by atoms with Gasteiger partial charge < -0.3 is 15.0 Å². The van der Waals surface area contributed by atoms with Crippen molar-refractivity contribution in [2.75, 3.05) is 32.8 Å².